The molecule has 1 aromatic rings. The lowest BCUT2D eigenvalue weighted by atomic mass is 9.84. The molecular weight excluding hydrogens is 236 g/mol. The van der Waals surface area contributed by atoms with E-state index in [0.717, 1.165) is 19.3 Å². The fourth-order valence-electron chi connectivity index (χ4n) is 2.43. The lowest BCUT2D eigenvalue weighted by molar-refractivity contribution is -0.0827. The minimum atomic E-state index is -0.849. The van der Waals surface area contributed by atoms with E-state index in [0.29, 0.717) is 6.61 Å². The third-order valence-electron chi connectivity index (χ3n) is 3.80. The van der Waals surface area contributed by atoms with Gasteiger partial charge >= 0.3 is 0 Å². The molecule has 2 N–H and O–H groups in total. The van der Waals surface area contributed by atoms with E-state index in [1.54, 1.807) is 12.1 Å². The van der Waals surface area contributed by atoms with Gasteiger partial charge in [-0.25, -0.2) is 8.78 Å². The van der Waals surface area contributed by atoms with Gasteiger partial charge in [0.05, 0.1) is 11.6 Å². The van der Waals surface area contributed by atoms with Crippen LogP contribution >= 0.6 is 0 Å². The van der Waals surface area contributed by atoms with Crippen LogP contribution in [0.4, 0.5) is 8.78 Å². The van der Waals surface area contributed by atoms with Gasteiger partial charge in [0, 0.05) is 12.2 Å². The van der Waals surface area contributed by atoms with Crippen LogP contribution in [-0.4, -0.2) is 12.2 Å². The molecule has 0 saturated carbocycles. The molecule has 100 valence electrons. The van der Waals surface area contributed by atoms with Gasteiger partial charge in [0.1, 0.15) is 0 Å². The monoisotopic (exact) mass is 255 g/mol. The molecule has 1 aliphatic heterocycles. The van der Waals surface area contributed by atoms with Crippen molar-refractivity contribution >= 4 is 0 Å². The van der Waals surface area contributed by atoms with E-state index in [9.17, 15) is 8.78 Å². The highest BCUT2D eigenvalue weighted by atomic mass is 19.2. The van der Waals surface area contributed by atoms with Gasteiger partial charge in [-0.1, -0.05) is 12.1 Å². The first kappa shape index (κ1) is 13.4. The Kier molecular flexibility index (Phi) is 3.69. The normalized spacial score (nSPS) is 26.1. The average molecular weight is 255 g/mol. The Morgan fingerprint density at radius 1 is 1.28 bits per heavy atom. The standard InChI is InChI=1S/C14H19F2NO/c1-9-5-6-10(12(16)11(9)15)13(17)14(2)7-3-4-8-18-14/h5-6,13H,3-4,7-8,17H2,1-2H3. The number of nitrogens with two attached hydrogens (primary N) is 1. The molecule has 1 aliphatic rings. The second-order valence-corrected chi connectivity index (χ2v) is 5.20. The maximum absolute atomic E-state index is 13.9. The molecule has 18 heavy (non-hydrogen) atoms. The summed E-state index contributed by atoms with van der Waals surface area (Å²) in [6.45, 7) is 4.03. The summed E-state index contributed by atoms with van der Waals surface area (Å²) in [4.78, 5) is 0. The van der Waals surface area contributed by atoms with E-state index in [2.05, 4.69) is 0 Å². The third kappa shape index (κ3) is 2.27. The number of ether oxygens (including phenoxy) is 1. The van der Waals surface area contributed by atoms with Gasteiger partial charge in [-0.05, 0) is 38.7 Å². The Labute approximate surface area is 106 Å². The first-order valence-corrected chi connectivity index (χ1v) is 6.30. The van der Waals surface area contributed by atoms with Crippen molar-refractivity contribution < 1.29 is 13.5 Å². The molecular formula is C14H19F2NO. The molecule has 0 aromatic heterocycles. The predicted molar refractivity (Wildman–Crippen MR) is 66.2 cm³/mol. The van der Waals surface area contributed by atoms with Gasteiger partial charge in [0.2, 0.25) is 0 Å². The van der Waals surface area contributed by atoms with Gasteiger partial charge in [-0.2, -0.15) is 0 Å². The number of aryl methyl sites for hydroxylation is 1. The van der Waals surface area contributed by atoms with E-state index in [-0.39, 0.29) is 11.1 Å². The molecule has 1 heterocycles. The van der Waals surface area contributed by atoms with Crippen molar-refractivity contribution in [3.05, 3.63) is 34.9 Å². The van der Waals surface area contributed by atoms with Crippen molar-refractivity contribution in [1.82, 2.24) is 0 Å². The Morgan fingerprint density at radius 2 is 2.00 bits per heavy atom. The van der Waals surface area contributed by atoms with Crippen LogP contribution in [-0.2, 0) is 4.74 Å². The lowest BCUT2D eigenvalue weighted by Gasteiger charge is -2.39. The van der Waals surface area contributed by atoms with Crippen LogP contribution in [0.1, 0.15) is 43.4 Å². The van der Waals surface area contributed by atoms with Crippen LogP contribution in [0.5, 0.6) is 0 Å². The number of benzene rings is 1. The lowest BCUT2D eigenvalue weighted by Crippen LogP contribution is -2.43. The Hall–Kier alpha value is -1.00. The quantitative estimate of drug-likeness (QED) is 0.880. The van der Waals surface area contributed by atoms with Crippen molar-refractivity contribution in [1.29, 1.82) is 0 Å². The first-order valence-electron chi connectivity index (χ1n) is 6.30. The maximum Gasteiger partial charge on any atom is 0.163 e. The van der Waals surface area contributed by atoms with Crippen molar-refractivity contribution in [3.8, 4) is 0 Å². The molecule has 2 atom stereocenters. The molecule has 2 nitrogen and oxygen atoms in total. The van der Waals surface area contributed by atoms with Gasteiger partial charge in [-0.3, -0.25) is 0 Å². The van der Waals surface area contributed by atoms with Crippen LogP contribution in [0.15, 0.2) is 12.1 Å². The third-order valence-corrected chi connectivity index (χ3v) is 3.80. The number of rotatable bonds is 2. The molecule has 0 bridgehead atoms. The summed E-state index contributed by atoms with van der Waals surface area (Å²) in [5, 5.41) is 0. The van der Waals surface area contributed by atoms with Gasteiger partial charge < -0.3 is 10.5 Å². The molecule has 0 radical (unpaired) electrons. The molecule has 0 aliphatic carbocycles. The summed E-state index contributed by atoms with van der Waals surface area (Å²) in [7, 11) is 0. The SMILES string of the molecule is Cc1ccc(C(N)C2(C)CCCCO2)c(F)c1F. The molecule has 4 heteroatoms. The predicted octanol–water partition coefficient (Wildman–Crippen LogP) is 3.23. The number of halogens is 2. The summed E-state index contributed by atoms with van der Waals surface area (Å²) in [5.74, 6) is -1.67. The van der Waals surface area contributed by atoms with Crippen molar-refractivity contribution in [2.45, 2.75) is 44.8 Å². The molecule has 0 spiro atoms. The molecule has 1 aromatic carbocycles. The van der Waals surface area contributed by atoms with E-state index in [1.165, 1.54) is 6.92 Å². The van der Waals surface area contributed by atoms with Crippen molar-refractivity contribution in [2.24, 2.45) is 5.73 Å². The zero-order valence-electron chi connectivity index (χ0n) is 10.8. The van der Waals surface area contributed by atoms with Crippen molar-refractivity contribution in [3.63, 3.8) is 0 Å². The minimum absolute atomic E-state index is 0.197. The summed E-state index contributed by atoms with van der Waals surface area (Å²) < 4.78 is 33.2. The fraction of sp³-hybridized carbons (Fsp3) is 0.571. The highest BCUT2D eigenvalue weighted by Gasteiger charge is 2.37. The molecule has 1 saturated heterocycles. The van der Waals surface area contributed by atoms with Gasteiger partial charge in [0.25, 0.3) is 0 Å². The second-order valence-electron chi connectivity index (χ2n) is 5.20. The van der Waals surface area contributed by atoms with Crippen LogP contribution in [0.2, 0.25) is 0 Å². The Balaban J connectivity index is 2.33. The van der Waals surface area contributed by atoms with Gasteiger partial charge in [0.15, 0.2) is 11.6 Å². The molecule has 1 fully saturated rings. The zero-order valence-corrected chi connectivity index (χ0v) is 10.8. The highest BCUT2D eigenvalue weighted by molar-refractivity contribution is 5.29. The maximum atomic E-state index is 13.9. The largest absolute Gasteiger partial charge is 0.373 e. The van der Waals surface area contributed by atoms with Crippen LogP contribution in [0, 0.1) is 18.6 Å². The fourth-order valence-corrected chi connectivity index (χ4v) is 2.43. The van der Waals surface area contributed by atoms with E-state index >= 15 is 0 Å². The Bertz CT molecular complexity index is 442. The molecule has 2 rings (SSSR count). The second kappa shape index (κ2) is 4.94. The van der Waals surface area contributed by atoms with E-state index < -0.39 is 23.3 Å². The van der Waals surface area contributed by atoms with Gasteiger partial charge in [-0.15, -0.1) is 0 Å². The number of hydrogen-bond acceptors (Lipinski definition) is 2. The average Bonchev–Trinajstić information content (AvgIpc) is 2.36. The number of hydrogen-bond donors (Lipinski definition) is 1. The summed E-state index contributed by atoms with van der Waals surface area (Å²) in [5.41, 5.74) is 5.97. The summed E-state index contributed by atoms with van der Waals surface area (Å²) in [6.07, 6.45) is 2.76. The molecule has 0 amide bonds. The van der Waals surface area contributed by atoms with Crippen LogP contribution < -0.4 is 5.73 Å². The highest BCUT2D eigenvalue weighted by Crippen LogP contribution is 2.36. The first-order chi connectivity index (χ1) is 8.46. The van der Waals surface area contributed by atoms with E-state index in [4.69, 9.17) is 10.5 Å². The van der Waals surface area contributed by atoms with Crippen molar-refractivity contribution in [2.75, 3.05) is 6.61 Å². The smallest absolute Gasteiger partial charge is 0.163 e. The minimum Gasteiger partial charge on any atom is -0.373 e. The topological polar surface area (TPSA) is 35.2 Å². The van der Waals surface area contributed by atoms with Crippen LogP contribution in [0.25, 0.3) is 0 Å². The summed E-state index contributed by atoms with van der Waals surface area (Å²) in [6, 6.07) is 2.47. The Morgan fingerprint density at radius 3 is 2.61 bits per heavy atom. The summed E-state index contributed by atoms with van der Waals surface area (Å²) >= 11 is 0. The zero-order chi connectivity index (χ0) is 13.3. The van der Waals surface area contributed by atoms with E-state index in [1.807, 2.05) is 6.92 Å². The van der Waals surface area contributed by atoms with Crippen LogP contribution in [0.3, 0.4) is 0 Å². The molecule has 2 unspecified atom stereocenters.